The molecule has 4 rings (SSSR count). The molecule has 0 spiro atoms. The standard InChI is InChI=1S/C24H23NSe/c1-24(2,3)18-15-13-17(14-16-18)22-23(26-19-9-5-4-6-10-19)20-11-7-8-12-21(20)25-22/h4-16,25H,1-3H3. The van der Waals surface area contributed by atoms with Gasteiger partial charge in [-0.1, -0.05) is 0 Å². The van der Waals surface area contributed by atoms with Gasteiger partial charge in [0.2, 0.25) is 0 Å². The van der Waals surface area contributed by atoms with E-state index in [1.54, 1.807) is 0 Å². The van der Waals surface area contributed by atoms with Crippen LogP contribution in [0.25, 0.3) is 22.2 Å². The SMILES string of the molecule is CC(C)(C)c1ccc(-c2[nH]c3ccccc3c2[Se]c2ccccc2)cc1. The Morgan fingerprint density at radius 2 is 1.38 bits per heavy atom. The topological polar surface area (TPSA) is 15.8 Å². The van der Waals surface area contributed by atoms with Gasteiger partial charge in [-0.25, -0.2) is 0 Å². The van der Waals surface area contributed by atoms with Crippen molar-refractivity contribution in [2.45, 2.75) is 26.2 Å². The van der Waals surface area contributed by atoms with Crippen LogP contribution in [0.3, 0.4) is 0 Å². The number of benzene rings is 3. The first kappa shape index (κ1) is 17.1. The third kappa shape index (κ3) is 3.35. The van der Waals surface area contributed by atoms with E-state index in [9.17, 15) is 0 Å². The first-order valence-corrected chi connectivity index (χ1v) is 10.7. The van der Waals surface area contributed by atoms with Gasteiger partial charge >= 0.3 is 162 Å². The van der Waals surface area contributed by atoms with Gasteiger partial charge in [0.05, 0.1) is 0 Å². The van der Waals surface area contributed by atoms with Crippen LogP contribution in [0.5, 0.6) is 0 Å². The Bertz CT molecular complexity index is 1020. The number of nitrogens with one attached hydrogen (secondary N) is 1. The number of para-hydroxylation sites is 1. The van der Waals surface area contributed by atoms with Crippen LogP contribution >= 0.6 is 0 Å². The molecule has 0 fully saturated rings. The molecule has 1 heterocycles. The fraction of sp³-hybridized carbons (Fsp3) is 0.167. The van der Waals surface area contributed by atoms with Gasteiger partial charge in [-0.2, -0.15) is 0 Å². The minimum absolute atomic E-state index is 0.176. The third-order valence-corrected chi connectivity index (χ3v) is 7.04. The molecule has 1 aromatic heterocycles. The molecule has 0 atom stereocenters. The van der Waals surface area contributed by atoms with Gasteiger partial charge in [0.15, 0.2) is 0 Å². The summed E-state index contributed by atoms with van der Waals surface area (Å²) in [6.45, 7) is 6.78. The Kier molecular flexibility index (Phi) is 4.48. The zero-order valence-electron chi connectivity index (χ0n) is 15.4. The van der Waals surface area contributed by atoms with E-state index in [1.165, 1.54) is 36.6 Å². The van der Waals surface area contributed by atoms with Gasteiger partial charge in [0.1, 0.15) is 0 Å². The van der Waals surface area contributed by atoms with E-state index in [1.807, 2.05) is 0 Å². The number of aromatic amines is 1. The number of hydrogen-bond donors (Lipinski definition) is 1. The normalized spacial score (nSPS) is 11.8. The zero-order chi connectivity index (χ0) is 18.1. The Morgan fingerprint density at radius 1 is 0.731 bits per heavy atom. The van der Waals surface area contributed by atoms with Gasteiger partial charge in [-0.15, -0.1) is 0 Å². The molecule has 3 aromatic carbocycles. The summed E-state index contributed by atoms with van der Waals surface area (Å²) in [5, 5.41) is 1.34. The molecule has 0 saturated heterocycles. The van der Waals surface area contributed by atoms with Gasteiger partial charge in [-0.3, -0.25) is 0 Å². The summed E-state index contributed by atoms with van der Waals surface area (Å²) >= 11 is 0.263. The summed E-state index contributed by atoms with van der Waals surface area (Å²) in [6.07, 6.45) is 0. The molecule has 0 bridgehead atoms. The number of H-pyrrole nitrogens is 1. The molecule has 0 amide bonds. The molecule has 1 N–H and O–H groups in total. The number of rotatable bonds is 3. The second-order valence-electron chi connectivity index (χ2n) is 7.62. The van der Waals surface area contributed by atoms with Gasteiger partial charge in [-0.05, 0) is 0 Å². The van der Waals surface area contributed by atoms with E-state index in [-0.39, 0.29) is 20.4 Å². The van der Waals surface area contributed by atoms with Crippen molar-refractivity contribution >= 4 is 34.8 Å². The predicted molar refractivity (Wildman–Crippen MR) is 114 cm³/mol. The number of aromatic nitrogens is 1. The van der Waals surface area contributed by atoms with Crippen molar-refractivity contribution in [1.82, 2.24) is 4.98 Å². The quantitative estimate of drug-likeness (QED) is 0.473. The monoisotopic (exact) mass is 405 g/mol. The average Bonchev–Trinajstić information content (AvgIpc) is 3.01. The molecule has 0 aliphatic carbocycles. The molecule has 130 valence electrons. The molecule has 0 radical (unpaired) electrons. The fourth-order valence-electron chi connectivity index (χ4n) is 3.17. The van der Waals surface area contributed by atoms with Crippen molar-refractivity contribution in [3.05, 3.63) is 84.4 Å². The number of fused-ring (bicyclic) bond motifs is 1. The number of hydrogen-bond acceptors (Lipinski definition) is 0. The van der Waals surface area contributed by atoms with Crippen LogP contribution in [0.2, 0.25) is 0 Å². The fourth-order valence-corrected chi connectivity index (χ4v) is 5.45. The molecule has 0 aliphatic rings. The molecule has 26 heavy (non-hydrogen) atoms. The Balaban J connectivity index is 1.83. The van der Waals surface area contributed by atoms with E-state index in [2.05, 4.69) is 105 Å². The molecule has 4 aromatic rings. The first-order valence-electron chi connectivity index (χ1n) is 8.97. The molecule has 0 unspecified atom stereocenters. The van der Waals surface area contributed by atoms with Crippen molar-refractivity contribution < 1.29 is 0 Å². The Morgan fingerprint density at radius 3 is 2.08 bits per heavy atom. The van der Waals surface area contributed by atoms with Gasteiger partial charge in [0, 0.05) is 0 Å². The third-order valence-electron chi connectivity index (χ3n) is 4.66. The summed E-state index contributed by atoms with van der Waals surface area (Å²) in [5.41, 5.74) is 5.29. The van der Waals surface area contributed by atoms with Crippen LogP contribution in [0.15, 0.2) is 78.9 Å². The molecular weight excluding hydrogens is 381 g/mol. The van der Waals surface area contributed by atoms with Crippen LogP contribution in [-0.4, -0.2) is 19.9 Å². The molecular formula is C24H23NSe. The van der Waals surface area contributed by atoms with E-state index in [4.69, 9.17) is 0 Å². The second-order valence-corrected chi connectivity index (χ2v) is 9.89. The summed E-state index contributed by atoms with van der Waals surface area (Å²) in [6, 6.07) is 28.5. The predicted octanol–water partition coefficient (Wildman–Crippen LogP) is 4.79. The van der Waals surface area contributed by atoms with Crippen molar-refractivity contribution in [1.29, 1.82) is 0 Å². The van der Waals surface area contributed by atoms with E-state index in [0.29, 0.717) is 0 Å². The molecule has 2 heteroatoms. The first-order chi connectivity index (χ1) is 12.5. The van der Waals surface area contributed by atoms with Crippen molar-refractivity contribution in [3.63, 3.8) is 0 Å². The van der Waals surface area contributed by atoms with Gasteiger partial charge < -0.3 is 0 Å². The van der Waals surface area contributed by atoms with Gasteiger partial charge in [0.25, 0.3) is 0 Å². The summed E-state index contributed by atoms with van der Waals surface area (Å²) in [4.78, 5) is 3.67. The van der Waals surface area contributed by atoms with Crippen LogP contribution in [0.4, 0.5) is 0 Å². The molecule has 1 nitrogen and oxygen atoms in total. The van der Waals surface area contributed by atoms with Crippen LogP contribution < -0.4 is 8.92 Å². The molecule has 0 saturated carbocycles. The summed E-state index contributed by atoms with van der Waals surface area (Å²) in [7, 11) is 0. The maximum atomic E-state index is 3.67. The summed E-state index contributed by atoms with van der Waals surface area (Å²) < 4.78 is 2.83. The van der Waals surface area contributed by atoms with Crippen LogP contribution in [0.1, 0.15) is 26.3 Å². The Hall–Kier alpha value is -2.28. The average molecular weight is 404 g/mol. The summed E-state index contributed by atoms with van der Waals surface area (Å²) in [5.74, 6) is 0. The van der Waals surface area contributed by atoms with Crippen LogP contribution in [0, 0.1) is 0 Å². The zero-order valence-corrected chi connectivity index (χ0v) is 17.1. The van der Waals surface area contributed by atoms with Crippen molar-refractivity contribution in [2.24, 2.45) is 0 Å². The van der Waals surface area contributed by atoms with E-state index >= 15 is 0 Å². The van der Waals surface area contributed by atoms with Crippen molar-refractivity contribution in [2.75, 3.05) is 0 Å². The minimum atomic E-state index is 0.176. The Labute approximate surface area is 161 Å². The van der Waals surface area contributed by atoms with E-state index in [0.717, 1.165) is 0 Å². The second kappa shape index (κ2) is 6.79. The van der Waals surface area contributed by atoms with Crippen molar-refractivity contribution in [3.8, 4) is 11.3 Å². The van der Waals surface area contributed by atoms with E-state index < -0.39 is 0 Å². The maximum absolute atomic E-state index is 3.67. The van der Waals surface area contributed by atoms with Crippen LogP contribution in [-0.2, 0) is 5.41 Å². The molecule has 0 aliphatic heterocycles.